The molecule has 0 unspecified atom stereocenters. The minimum absolute atomic E-state index is 0.310. The van der Waals surface area contributed by atoms with Crippen LogP contribution in [0.25, 0.3) is 6.08 Å². The molecule has 0 aliphatic carbocycles. The van der Waals surface area contributed by atoms with Crippen molar-refractivity contribution in [3.8, 4) is 6.07 Å². The SMILES string of the molecule is CCOC(=O)N1CCc2c(sc(NC(=O)C=Cc3nn(C)cc3Cl)c2C#N)C1. The Labute approximate surface area is 170 Å². The molecule has 1 aliphatic heterocycles. The van der Waals surface area contributed by atoms with Gasteiger partial charge >= 0.3 is 6.09 Å². The highest BCUT2D eigenvalue weighted by Crippen LogP contribution is 2.36. The summed E-state index contributed by atoms with van der Waals surface area (Å²) in [6.07, 6.45) is 4.64. The number of halogens is 1. The predicted octanol–water partition coefficient (Wildman–Crippen LogP) is 3.17. The third kappa shape index (κ3) is 4.18. The molecule has 3 rings (SSSR count). The van der Waals surface area contributed by atoms with Crippen molar-refractivity contribution in [2.75, 3.05) is 18.5 Å². The van der Waals surface area contributed by atoms with E-state index >= 15 is 0 Å². The fourth-order valence-electron chi connectivity index (χ4n) is 2.88. The molecule has 3 heterocycles. The Hall–Kier alpha value is -2.83. The lowest BCUT2D eigenvalue weighted by Crippen LogP contribution is -2.35. The highest BCUT2D eigenvalue weighted by molar-refractivity contribution is 7.16. The van der Waals surface area contributed by atoms with Crippen molar-refractivity contribution in [1.82, 2.24) is 14.7 Å². The van der Waals surface area contributed by atoms with Gasteiger partial charge < -0.3 is 15.0 Å². The number of ether oxygens (including phenoxy) is 1. The zero-order valence-corrected chi connectivity index (χ0v) is 16.9. The molecule has 0 spiro atoms. The van der Waals surface area contributed by atoms with Crippen molar-refractivity contribution < 1.29 is 14.3 Å². The molecule has 0 radical (unpaired) electrons. The number of hydrogen-bond acceptors (Lipinski definition) is 6. The van der Waals surface area contributed by atoms with Crippen LogP contribution in [0.2, 0.25) is 5.02 Å². The maximum atomic E-state index is 12.3. The second-order valence-electron chi connectivity index (χ2n) is 6.05. The van der Waals surface area contributed by atoms with Gasteiger partial charge in [0.15, 0.2) is 0 Å². The third-order valence-electron chi connectivity index (χ3n) is 4.13. The van der Waals surface area contributed by atoms with Gasteiger partial charge in [-0.25, -0.2) is 4.79 Å². The van der Waals surface area contributed by atoms with Crippen LogP contribution in [0.3, 0.4) is 0 Å². The van der Waals surface area contributed by atoms with Crippen molar-refractivity contribution >= 4 is 46.0 Å². The fourth-order valence-corrected chi connectivity index (χ4v) is 4.34. The van der Waals surface area contributed by atoms with E-state index in [-0.39, 0.29) is 12.0 Å². The maximum Gasteiger partial charge on any atom is 0.410 e. The van der Waals surface area contributed by atoms with Crippen LogP contribution < -0.4 is 5.32 Å². The van der Waals surface area contributed by atoms with Gasteiger partial charge in [-0.15, -0.1) is 11.3 Å². The third-order valence-corrected chi connectivity index (χ3v) is 5.56. The molecule has 1 N–H and O–H groups in total. The fraction of sp³-hybridized carbons (Fsp3) is 0.333. The van der Waals surface area contributed by atoms with Gasteiger partial charge in [0.05, 0.1) is 23.7 Å². The van der Waals surface area contributed by atoms with Crippen LogP contribution in [0.15, 0.2) is 12.3 Å². The molecule has 2 aromatic heterocycles. The first-order chi connectivity index (χ1) is 13.4. The molecule has 10 heteroatoms. The summed E-state index contributed by atoms with van der Waals surface area (Å²) in [5.41, 5.74) is 1.80. The largest absolute Gasteiger partial charge is 0.450 e. The Morgan fingerprint density at radius 3 is 2.96 bits per heavy atom. The molecular formula is C18H18ClN5O3S. The molecule has 0 aromatic carbocycles. The lowest BCUT2D eigenvalue weighted by atomic mass is 10.0. The summed E-state index contributed by atoms with van der Waals surface area (Å²) in [6.45, 7) is 2.90. The van der Waals surface area contributed by atoms with Crippen LogP contribution in [0.4, 0.5) is 9.80 Å². The quantitative estimate of drug-likeness (QED) is 0.767. The number of nitrogens with zero attached hydrogens (tertiary/aromatic N) is 4. The van der Waals surface area contributed by atoms with Gasteiger partial charge in [0.1, 0.15) is 16.8 Å². The van der Waals surface area contributed by atoms with Crippen LogP contribution in [0.1, 0.15) is 28.6 Å². The van der Waals surface area contributed by atoms with Crippen molar-refractivity contribution in [3.63, 3.8) is 0 Å². The van der Waals surface area contributed by atoms with Gasteiger partial charge in [-0.2, -0.15) is 10.4 Å². The molecule has 2 aromatic rings. The van der Waals surface area contributed by atoms with Crippen LogP contribution in [-0.2, 0) is 29.5 Å². The number of hydrogen-bond donors (Lipinski definition) is 1. The van der Waals surface area contributed by atoms with E-state index in [9.17, 15) is 14.9 Å². The number of thiophene rings is 1. The van der Waals surface area contributed by atoms with Crippen LogP contribution in [-0.4, -0.2) is 39.8 Å². The number of carbonyl (C=O) groups is 2. The number of rotatable bonds is 4. The van der Waals surface area contributed by atoms with E-state index < -0.39 is 0 Å². The Morgan fingerprint density at radius 1 is 1.54 bits per heavy atom. The standard InChI is InChI=1S/C18H18ClN5O3S/c1-3-27-18(26)24-7-6-11-12(8-20)17(28-15(11)10-24)21-16(25)5-4-14-13(19)9-23(2)22-14/h4-5,9H,3,6-7,10H2,1-2H3,(H,21,25). The Bertz CT molecular complexity index is 988. The van der Waals surface area contributed by atoms with Crippen LogP contribution in [0, 0.1) is 11.3 Å². The minimum Gasteiger partial charge on any atom is -0.450 e. The van der Waals surface area contributed by atoms with E-state index in [0.29, 0.717) is 47.4 Å². The molecule has 2 amide bonds. The number of carbonyl (C=O) groups excluding carboxylic acids is 2. The summed E-state index contributed by atoms with van der Waals surface area (Å²) in [4.78, 5) is 26.7. The maximum absolute atomic E-state index is 12.3. The lowest BCUT2D eigenvalue weighted by Gasteiger charge is -2.25. The average molecular weight is 420 g/mol. The summed E-state index contributed by atoms with van der Waals surface area (Å²) in [5, 5.41) is 17.3. The number of aromatic nitrogens is 2. The first-order valence-electron chi connectivity index (χ1n) is 8.57. The molecular weight excluding hydrogens is 402 g/mol. The molecule has 0 saturated carbocycles. The summed E-state index contributed by atoms with van der Waals surface area (Å²) in [7, 11) is 1.73. The topological polar surface area (TPSA) is 100 Å². The summed E-state index contributed by atoms with van der Waals surface area (Å²) < 4.78 is 6.59. The number of nitriles is 1. The Morgan fingerprint density at radius 2 is 2.32 bits per heavy atom. The molecule has 0 fully saturated rings. The second kappa shape index (κ2) is 8.46. The number of nitrogens with one attached hydrogen (secondary N) is 1. The zero-order chi connectivity index (χ0) is 20.3. The molecule has 8 nitrogen and oxygen atoms in total. The van der Waals surface area contributed by atoms with E-state index in [0.717, 1.165) is 10.4 Å². The van der Waals surface area contributed by atoms with Crippen LogP contribution >= 0.6 is 22.9 Å². The summed E-state index contributed by atoms with van der Waals surface area (Å²) in [6, 6.07) is 2.16. The average Bonchev–Trinajstić information content (AvgIpc) is 3.17. The number of anilines is 1. The van der Waals surface area contributed by atoms with Gasteiger partial charge in [-0.3, -0.25) is 9.48 Å². The van der Waals surface area contributed by atoms with Gasteiger partial charge in [0, 0.05) is 30.7 Å². The van der Waals surface area contributed by atoms with Gasteiger partial charge in [0.25, 0.3) is 0 Å². The van der Waals surface area contributed by atoms with E-state index in [1.165, 1.54) is 23.5 Å². The molecule has 0 saturated heterocycles. The van der Waals surface area contributed by atoms with Crippen molar-refractivity contribution in [3.05, 3.63) is 39.0 Å². The van der Waals surface area contributed by atoms with Gasteiger partial charge in [0.2, 0.25) is 5.91 Å². The Kier molecular flexibility index (Phi) is 6.02. The normalized spacial score (nSPS) is 13.3. The molecule has 0 bridgehead atoms. The van der Waals surface area contributed by atoms with Crippen LogP contribution in [0.5, 0.6) is 0 Å². The number of amides is 2. The Balaban J connectivity index is 1.75. The predicted molar refractivity (Wildman–Crippen MR) is 106 cm³/mol. The van der Waals surface area contributed by atoms with Gasteiger partial charge in [-0.05, 0) is 25.0 Å². The monoisotopic (exact) mass is 419 g/mol. The van der Waals surface area contributed by atoms with E-state index in [1.807, 2.05) is 0 Å². The number of fused-ring (bicyclic) bond motifs is 1. The molecule has 146 valence electrons. The van der Waals surface area contributed by atoms with Gasteiger partial charge in [-0.1, -0.05) is 11.6 Å². The lowest BCUT2D eigenvalue weighted by molar-refractivity contribution is -0.111. The summed E-state index contributed by atoms with van der Waals surface area (Å²) in [5.74, 6) is -0.390. The van der Waals surface area contributed by atoms with E-state index in [4.69, 9.17) is 16.3 Å². The van der Waals surface area contributed by atoms with Crippen molar-refractivity contribution in [2.24, 2.45) is 7.05 Å². The van der Waals surface area contributed by atoms with E-state index in [2.05, 4.69) is 16.5 Å². The minimum atomic E-state index is -0.390. The smallest absolute Gasteiger partial charge is 0.410 e. The molecule has 28 heavy (non-hydrogen) atoms. The highest BCUT2D eigenvalue weighted by atomic mass is 35.5. The first kappa shape index (κ1) is 19.9. The first-order valence-corrected chi connectivity index (χ1v) is 9.76. The molecule has 1 aliphatic rings. The molecule has 0 atom stereocenters. The number of aryl methyl sites for hydroxylation is 1. The summed E-state index contributed by atoms with van der Waals surface area (Å²) >= 11 is 7.32. The second-order valence-corrected chi connectivity index (χ2v) is 7.56. The van der Waals surface area contributed by atoms with Crippen molar-refractivity contribution in [2.45, 2.75) is 19.9 Å². The van der Waals surface area contributed by atoms with E-state index in [1.54, 1.807) is 29.7 Å². The van der Waals surface area contributed by atoms with Crippen molar-refractivity contribution in [1.29, 1.82) is 5.26 Å². The zero-order valence-electron chi connectivity index (χ0n) is 15.4. The highest BCUT2D eigenvalue weighted by Gasteiger charge is 2.27.